The molecule has 3 aliphatic carbocycles. The summed E-state index contributed by atoms with van der Waals surface area (Å²) >= 11 is 0. The second-order valence-electron chi connectivity index (χ2n) is 9.85. The number of carbonyl (C=O) groups is 1. The Morgan fingerprint density at radius 3 is 1.77 bits per heavy atom. The standard InChI is InChI=1S/C23H40O3/c1-15(17-9-5-3-6-10-17)19-13-20(22(24)21(14-19)23(25)26)16(2)18-11-7-4-8-12-18/h15-22,24H,3-14H2,1-2H3,(H,25,26). The summed E-state index contributed by atoms with van der Waals surface area (Å²) in [6, 6.07) is 0. The maximum Gasteiger partial charge on any atom is 0.309 e. The highest BCUT2D eigenvalue weighted by Gasteiger charge is 2.46. The Balaban J connectivity index is 1.73. The summed E-state index contributed by atoms with van der Waals surface area (Å²) in [4.78, 5) is 11.9. The first kappa shape index (κ1) is 20.2. The molecule has 6 unspecified atom stereocenters. The quantitative estimate of drug-likeness (QED) is 0.676. The van der Waals surface area contributed by atoms with Gasteiger partial charge in [0.25, 0.3) is 0 Å². The highest BCUT2D eigenvalue weighted by molar-refractivity contribution is 5.71. The van der Waals surface area contributed by atoms with Crippen molar-refractivity contribution < 1.29 is 15.0 Å². The van der Waals surface area contributed by atoms with Crippen molar-refractivity contribution in [2.45, 2.75) is 97.0 Å². The van der Waals surface area contributed by atoms with Crippen LogP contribution in [-0.4, -0.2) is 22.3 Å². The Kier molecular flexibility index (Phi) is 7.05. The van der Waals surface area contributed by atoms with E-state index in [0.29, 0.717) is 30.1 Å². The molecule has 0 saturated heterocycles. The van der Waals surface area contributed by atoms with Crippen molar-refractivity contribution in [3.05, 3.63) is 0 Å². The fraction of sp³-hybridized carbons (Fsp3) is 0.957. The van der Waals surface area contributed by atoms with Gasteiger partial charge in [-0.2, -0.15) is 0 Å². The van der Waals surface area contributed by atoms with Gasteiger partial charge >= 0.3 is 5.97 Å². The summed E-state index contributed by atoms with van der Waals surface area (Å²) in [6.45, 7) is 4.68. The van der Waals surface area contributed by atoms with E-state index in [2.05, 4.69) is 13.8 Å². The molecule has 3 nitrogen and oxygen atoms in total. The van der Waals surface area contributed by atoms with E-state index >= 15 is 0 Å². The fourth-order valence-electron chi connectivity index (χ4n) is 6.61. The molecule has 6 atom stereocenters. The Morgan fingerprint density at radius 2 is 1.27 bits per heavy atom. The van der Waals surface area contributed by atoms with Crippen LogP contribution in [0.25, 0.3) is 0 Å². The Hall–Kier alpha value is -0.570. The van der Waals surface area contributed by atoms with Crippen LogP contribution in [0.3, 0.4) is 0 Å². The second-order valence-corrected chi connectivity index (χ2v) is 9.85. The lowest BCUT2D eigenvalue weighted by molar-refractivity contribution is -0.154. The van der Waals surface area contributed by atoms with Gasteiger partial charge in [0, 0.05) is 0 Å². The molecule has 0 aliphatic heterocycles. The van der Waals surface area contributed by atoms with Gasteiger partial charge < -0.3 is 10.2 Å². The van der Waals surface area contributed by atoms with Crippen LogP contribution in [0.1, 0.15) is 90.9 Å². The second kappa shape index (κ2) is 9.08. The van der Waals surface area contributed by atoms with Gasteiger partial charge in [-0.3, -0.25) is 4.79 Å². The monoisotopic (exact) mass is 364 g/mol. The predicted octanol–water partition coefficient (Wildman–Crippen LogP) is 5.51. The summed E-state index contributed by atoms with van der Waals surface area (Å²) < 4.78 is 0. The molecule has 150 valence electrons. The number of hydrogen-bond donors (Lipinski definition) is 2. The smallest absolute Gasteiger partial charge is 0.309 e. The number of carboxylic acids is 1. The van der Waals surface area contributed by atoms with Gasteiger partial charge in [-0.15, -0.1) is 0 Å². The fourth-order valence-corrected chi connectivity index (χ4v) is 6.61. The zero-order chi connectivity index (χ0) is 18.7. The molecular formula is C23H40O3. The highest BCUT2D eigenvalue weighted by atomic mass is 16.4. The van der Waals surface area contributed by atoms with Crippen molar-refractivity contribution in [1.29, 1.82) is 0 Å². The molecular weight excluding hydrogens is 324 g/mol. The van der Waals surface area contributed by atoms with Gasteiger partial charge in [0.05, 0.1) is 12.0 Å². The van der Waals surface area contributed by atoms with Crippen LogP contribution in [0.4, 0.5) is 0 Å². The number of rotatable bonds is 5. The Morgan fingerprint density at radius 1 is 0.769 bits per heavy atom. The molecule has 0 radical (unpaired) electrons. The largest absolute Gasteiger partial charge is 0.481 e. The third-order valence-corrected chi connectivity index (χ3v) is 8.51. The lowest BCUT2D eigenvalue weighted by Gasteiger charge is -2.46. The van der Waals surface area contributed by atoms with E-state index in [1.54, 1.807) is 0 Å². The van der Waals surface area contributed by atoms with Crippen LogP contribution in [-0.2, 0) is 4.79 Å². The molecule has 3 rings (SSSR count). The van der Waals surface area contributed by atoms with E-state index in [1.807, 2.05) is 0 Å². The lowest BCUT2D eigenvalue weighted by Crippen LogP contribution is -2.47. The third kappa shape index (κ3) is 4.46. The van der Waals surface area contributed by atoms with Gasteiger partial charge in [-0.05, 0) is 48.3 Å². The van der Waals surface area contributed by atoms with Gasteiger partial charge in [-0.25, -0.2) is 0 Å². The summed E-state index contributed by atoms with van der Waals surface area (Å²) in [6.07, 6.45) is 14.3. The molecule has 2 N–H and O–H groups in total. The Bertz CT molecular complexity index is 450. The van der Waals surface area contributed by atoms with Crippen LogP contribution in [0, 0.1) is 41.4 Å². The maximum absolute atomic E-state index is 11.9. The molecule has 0 spiro atoms. The summed E-state index contributed by atoms with van der Waals surface area (Å²) in [5.74, 6) is 1.81. The van der Waals surface area contributed by atoms with Gasteiger partial charge in [0.1, 0.15) is 0 Å². The van der Waals surface area contributed by atoms with Crippen LogP contribution in [0.2, 0.25) is 0 Å². The van der Waals surface area contributed by atoms with Crippen LogP contribution >= 0.6 is 0 Å². The number of hydrogen-bond acceptors (Lipinski definition) is 2. The van der Waals surface area contributed by atoms with Gasteiger partial charge in [-0.1, -0.05) is 78.1 Å². The lowest BCUT2D eigenvalue weighted by atomic mass is 9.60. The average molecular weight is 365 g/mol. The van der Waals surface area contributed by atoms with Crippen molar-refractivity contribution in [3.8, 4) is 0 Å². The third-order valence-electron chi connectivity index (χ3n) is 8.51. The zero-order valence-corrected chi connectivity index (χ0v) is 16.9. The van der Waals surface area contributed by atoms with Crippen LogP contribution in [0.15, 0.2) is 0 Å². The molecule has 0 amide bonds. The van der Waals surface area contributed by atoms with E-state index in [1.165, 1.54) is 64.2 Å². The Labute approximate surface area is 160 Å². The molecule has 3 fully saturated rings. The van der Waals surface area contributed by atoms with E-state index in [0.717, 1.165) is 12.3 Å². The molecule has 3 saturated carbocycles. The number of carboxylic acid groups (broad SMARTS) is 1. The minimum absolute atomic E-state index is 0.170. The van der Waals surface area contributed by atoms with Gasteiger partial charge in [0.15, 0.2) is 0 Å². The highest BCUT2D eigenvalue weighted by Crippen LogP contribution is 2.47. The first-order valence-corrected chi connectivity index (χ1v) is 11.4. The molecule has 0 heterocycles. The van der Waals surface area contributed by atoms with Crippen LogP contribution in [0.5, 0.6) is 0 Å². The van der Waals surface area contributed by atoms with Crippen molar-refractivity contribution in [2.75, 3.05) is 0 Å². The van der Waals surface area contributed by atoms with E-state index in [-0.39, 0.29) is 5.92 Å². The van der Waals surface area contributed by atoms with Crippen molar-refractivity contribution in [1.82, 2.24) is 0 Å². The van der Waals surface area contributed by atoms with E-state index in [4.69, 9.17) is 0 Å². The van der Waals surface area contributed by atoms with E-state index in [9.17, 15) is 15.0 Å². The molecule has 0 aromatic heterocycles. The van der Waals surface area contributed by atoms with E-state index < -0.39 is 18.0 Å². The summed E-state index contributed by atoms with van der Waals surface area (Å²) in [5.41, 5.74) is 0. The molecule has 26 heavy (non-hydrogen) atoms. The minimum Gasteiger partial charge on any atom is -0.481 e. The average Bonchev–Trinajstić information content (AvgIpc) is 2.68. The maximum atomic E-state index is 11.9. The van der Waals surface area contributed by atoms with Crippen LogP contribution < -0.4 is 0 Å². The molecule has 0 aromatic carbocycles. The molecule has 0 bridgehead atoms. The minimum atomic E-state index is -0.779. The van der Waals surface area contributed by atoms with Crippen molar-refractivity contribution in [2.24, 2.45) is 41.4 Å². The zero-order valence-electron chi connectivity index (χ0n) is 16.9. The predicted molar refractivity (Wildman–Crippen MR) is 105 cm³/mol. The molecule has 3 aliphatic rings. The normalized spacial score (nSPS) is 37.2. The number of aliphatic hydroxyl groups excluding tert-OH is 1. The first-order valence-electron chi connectivity index (χ1n) is 11.4. The summed E-state index contributed by atoms with van der Waals surface area (Å²) in [5, 5.41) is 20.7. The molecule has 0 aromatic rings. The van der Waals surface area contributed by atoms with Crippen molar-refractivity contribution >= 4 is 5.97 Å². The topological polar surface area (TPSA) is 57.5 Å². The SMILES string of the molecule is CC(C1CCCCC1)C1CC(C(=O)O)C(O)C(C(C)C2CCCCC2)C1. The number of aliphatic hydroxyl groups is 1. The summed E-state index contributed by atoms with van der Waals surface area (Å²) in [7, 11) is 0. The first-order chi connectivity index (χ1) is 12.5. The number of aliphatic carboxylic acids is 1. The van der Waals surface area contributed by atoms with Gasteiger partial charge in [0.2, 0.25) is 0 Å². The van der Waals surface area contributed by atoms with Crippen molar-refractivity contribution in [3.63, 3.8) is 0 Å². The molecule has 3 heteroatoms.